The predicted molar refractivity (Wildman–Crippen MR) is 56.4 cm³/mol. The number of fused-ring (bicyclic) bond motifs is 1. The molecule has 0 aliphatic heterocycles. The summed E-state index contributed by atoms with van der Waals surface area (Å²) in [5.74, 6) is 0.792. The third-order valence-corrected chi connectivity index (χ3v) is 2.17. The Morgan fingerprint density at radius 2 is 2.21 bits per heavy atom. The third kappa shape index (κ3) is 1.56. The van der Waals surface area contributed by atoms with E-state index in [-0.39, 0.29) is 6.61 Å². The number of rotatable bonds is 3. The fourth-order valence-corrected chi connectivity index (χ4v) is 1.38. The maximum atomic E-state index is 8.79. The lowest BCUT2D eigenvalue weighted by atomic mass is 10.3. The number of hydrogen-bond acceptors (Lipinski definition) is 3. The summed E-state index contributed by atoms with van der Waals surface area (Å²) >= 11 is 0. The van der Waals surface area contributed by atoms with Crippen LogP contribution in [-0.2, 0) is 0 Å². The highest BCUT2D eigenvalue weighted by Gasteiger charge is 2.05. The number of nitrogens with one attached hydrogen (secondary N) is 1. The van der Waals surface area contributed by atoms with E-state index < -0.39 is 0 Å². The topological polar surface area (TPSA) is 52.1 Å². The fourth-order valence-electron chi connectivity index (χ4n) is 1.38. The van der Waals surface area contributed by atoms with Crippen molar-refractivity contribution in [1.29, 1.82) is 0 Å². The van der Waals surface area contributed by atoms with E-state index in [1.54, 1.807) is 0 Å². The summed E-state index contributed by atoms with van der Waals surface area (Å²) in [7, 11) is 1.90. The molecule has 0 atom stereocenters. The van der Waals surface area contributed by atoms with Gasteiger partial charge in [-0.05, 0) is 12.1 Å². The Kier molecular flexibility index (Phi) is 2.37. The van der Waals surface area contributed by atoms with Crippen molar-refractivity contribution in [2.45, 2.75) is 0 Å². The quantitative estimate of drug-likeness (QED) is 0.760. The number of imidazole rings is 1. The summed E-state index contributed by atoms with van der Waals surface area (Å²) < 4.78 is 0. The molecule has 0 saturated carbocycles. The second-order valence-corrected chi connectivity index (χ2v) is 3.22. The van der Waals surface area contributed by atoms with Gasteiger partial charge in [0.1, 0.15) is 0 Å². The van der Waals surface area contributed by atoms with Gasteiger partial charge in [-0.2, -0.15) is 0 Å². The standard InChI is InChI=1S/C10H13N3O/c1-13(6-7-14)10-11-8-4-2-3-5-9(8)12-10/h2-5,14H,6-7H2,1H3,(H,11,12). The minimum atomic E-state index is 0.132. The molecule has 2 aromatic rings. The lowest BCUT2D eigenvalue weighted by Gasteiger charge is -2.12. The number of likely N-dealkylation sites (N-methyl/N-ethyl adjacent to an activating group) is 1. The lowest BCUT2D eigenvalue weighted by molar-refractivity contribution is 0.303. The minimum absolute atomic E-state index is 0.132. The first-order chi connectivity index (χ1) is 6.81. The molecule has 0 aliphatic carbocycles. The van der Waals surface area contributed by atoms with Crippen LogP contribution in [0.3, 0.4) is 0 Å². The van der Waals surface area contributed by atoms with E-state index in [1.165, 1.54) is 0 Å². The number of H-pyrrole nitrogens is 1. The van der Waals surface area contributed by atoms with Crippen molar-refractivity contribution < 1.29 is 5.11 Å². The highest BCUT2D eigenvalue weighted by molar-refractivity contribution is 5.77. The predicted octanol–water partition coefficient (Wildman–Crippen LogP) is 0.991. The van der Waals surface area contributed by atoms with E-state index in [2.05, 4.69) is 9.97 Å². The number of aromatic amines is 1. The Labute approximate surface area is 82.2 Å². The number of nitrogens with zero attached hydrogens (tertiary/aromatic N) is 2. The Morgan fingerprint density at radius 1 is 1.43 bits per heavy atom. The van der Waals surface area contributed by atoms with Crippen LogP contribution in [0, 0.1) is 0 Å². The average Bonchev–Trinajstić information content (AvgIpc) is 2.61. The van der Waals surface area contributed by atoms with E-state index in [1.807, 2.05) is 36.2 Å². The summed E-state index contributed by atoms with van der Waals surface area (Å²) in [5, 5.41) is 8.79. The molecule has 2 N–H and O–H groups in total. The molecule has 0 radical (unpaired) electrons. The first kappa shape index (κ1) is 9.02. The maximum absolute atomic E-state index is 8.79. The Bertz CT molecular complexity index is 391. The molecule has 0 aliphatic rings. The molecule has 2 rings (SSSR count). The Balaban J connectivity index is 2.35. The van der Waals surface area contributed by atoms with Gasteiger partial charge in [0, 0.05) is 13.6 Å². The highest BCUT2D eigenvalue weighted by atomic mass is 16.3. The minimum Gasteiger partial charge on any atom is -0.395 e. The second kappa shape index (κ2) is 3.67. The first-order valence-electron chi connectivity index (χ1n) is 4.58. The molecular formula is C10H13N3O. The molecule has 1 aromatic carbocycles. The molecule has 0 spiro atoms. The molecule has 0 unspecified atom stereocenters. The number of para-hydroxylation sites is 2. The lowest BCUT2D eigenvalue weighted by Crippen LogP contribution is -2.22. The number of aromatic nitrogens is 2. The van der Waals surface area contributed by atoms with Crippen molar-refractivity contribution in [2.24, 2.45) is 0 Å². The second-order valence-electron chi connectivity index (χ2n) is 3.22. The van der Waals surface area contributed by atoms with E-state index in [9.17, 15) is 0 Å². The number of hydrogen-bond donors (Lipinski definition) is 2. The van der Waals surface area contributed by atoms with Crippen LogP contribution in [-0.4, -0.2) is 35.3 Å². The number of aliphatic hydroxyl groups excluding tert-OH is 1. The van der Waals surface area contributed by atoms with Gasteiger partial charge in [-0.3, -0.25) is 0 Å². The van der Waals surface area contributed by atoms with Crippen LogP contribution < -0.4 is 4.90 Å². The van der Waals surface area contributed by atoms with Crippen molar-refractivity contribution in [3.63, 3.8) is 0 Å². The van der Waals surface area contributed by atoms with Crippen LogP contribution in [0.25, 0.3) is 11.0 Å². The molecule has 0 bridgehead atoms. The zero-order valence-corrected chi connectivity index (χ0v) is 8.07. The van der Waals surface area contributed by atoms with Crippen molar-refractivity contribution in [3.8, 4) is 0 Å². The normalized spacial score (nSPS) is 10.7. The Morgan fingerprint density at radius 3 is 2.93 bits per heavy atom. The molecule has 0 fully saturated rings. The van der Waals surface area contributed by atoms with Crippen LogP contribution >= 0.6 is 0 Å². The van der Waals surface area contributed by atoms with Crippen molar-refractivity contribution in [1.82, 2.24) is 9.97 Å². The average molecular weight is 191 g/mol. The van der Waals surface area contributed by atoms with E-state index >= 15 is 0 Å². The van der Waals surface area contributed by atoms with Crippen LogP contribution in [0.15, 0.2) is 24.3 Å². The van der Waals surface area contributed by atoms with Gasteiger partial charge in [0.15, 0.2) is 0 Å². The van der Waals surface area contributed by atoms with Crippen LogP contribution in [0.4, 0.5) is 5.95 Å². The van der Waals surface area contributed by atoms with E-state index in [0.717, 1.165) is 17.0 Å². The van der Waals surface area contributed by atoms with Crippen molar-refractivity contribution >= 4 is 17.0 Å². The SMILES string of the molecule is CN(CCO)c1nc2ccccc2[nH]1. The largest absolute Gasteiger partial charge is 0.395 e. The van der Waals surface area contributed by atoms with Crippen LogP contribution in [0.5, 0.6) is 0 Å². The van der Waals surface area contributed by atoms with Gasteiger partial charge in [-0.25, -0.2) is 4.98 Å². The fraction of sp³-hybridized carbons (Fsp3) is 0.300. The van der Waals surface area contributed by atoms with Gasteiger partial charge in [0.2, 0.25) is 5.95 Å². The van der Waals surface area contributed by atoms with Crippen LogP contribution in [0.1, 0.15) is 0 Å². The van der Waals surface area contributed by atoms with Gasteiger partial charge in [-0.1, -0.05) is 12.1 Å². The molecule has 1 heterocycles. The third-order valence-electron chi connectivity index (χ3n) is 2.17. The summed E-state index contributed by atoms with van der Waals surface area (Å²) in [6, 6.07) is 7.87. The van der Waals surface area contributed by atoms with E-state index in [0.29, 0.717) is 6.54 Å². The highest BCUT2D eigenvalue weighted by Crippen LogP contribution is 2.15. The summed E-state index contributed by atoms with van der Waals surface area (Å²) in [6.45, 7) is 0.716. The summed E-state index contributed by atoms with van der Waals surface area (Å²) in [6.07, 6.45) is 0. The number of benzene rings is 1. The van der Waals surface area contributed by atoms with Crippen molar-refractivity contribution in [2.75, 3.05) is 25.1 Å². The van der Waals surface area contributed by atoms with Crippen molar-refractivity contribution in [3.05, 3.63) is 24.3 Å². The first-order valence-corrected chi connectivity index (χ1v) is 4.58. The monoisotopic (exact) mass is 191 g/mol. The number of anilines is 1. The zero-order chi connectivity index (χ0) is 9.97. The molecule has 4 nitrogen and oxygen atoms in total. The number of aliphatic hydroxyl groups is 1. The molecule has 0 saturated heterocycles. The molecule has 4 heteroatoms. The molecule has 74 valence electrons. The van der Waals surface area contributed by atoms with Gasteiger partial charge in [0.25, 0.3) is 0 Å². The van der Waals surface area contributed by atoms with Gasteiger partial charge in [0.05, 0.1) is 17.6 Å². The zero-order valence-electron chi connectivity index (χ0n) is 8.07. The smallest absolute Gasteiger partial charge is 0.203 e. The van der Waals surface area contributed by atoms with Gasteiger partial charge in [-0.15, -0.1) is 0 Å². The summed E-state index contributed by atoms with van der Waals surface area (Å²) in [4.78, 5) is 9.46. The maximum Gasteiger partial charge on any atom is 0.203 e. The molecular weight excluding hydrogens is 178 g/mol. The molecule has 1 aromatic heterocycles. The van der Waals surface area contributed by atoms with Gasteiger partial charge >= 0.3 is 0 Å². The van der Waals surface area contributed by atoms with Gasteiger partial charge < -0.3 is 15.0 Å². The van der Waals surface area contributed by atoms with Crippen LogP contribution in [0.2, 0.25) is 0 Å². The van der Waals surface area contributed by atoms with E-state index in [4.69, 9.17) is 5.11 Å². The molecule has 0 amide bonds. The Hall–Kier alpha value is -1.55. The summed E-state index contributed by atoms with van der Waals surface area (Å²) in [5.41, 5.74) is 1.97. The molecule has 14 heavy (non-hydrogen) atoms.